The van der Waals surface area contributed by atoms with Gasteiger partial charge in [0, 0.05) is 37.3 Å². The third-order valence-corrected chi connectivity index (χ3v) is 4.18. The van der Waals surface area contributed by atoms with Crippen LogP contribution < -0.4 is 0 Å². The SMILES string of the molecule is c1ccc2c(c1)sc1cc3cc[nH]c3cc12. The summed E-state index contributed by atoms with van der Waals surface area (Å²) in [6.07, 6.45) is 2.00. The van der Waals surface area contributed by atoms with Crippen molar-refractivity contribution in [1.82, 2.24) is 4.98 Å². The highest BCUT2D eigenvalue weighted by atomic mass is 32.1. The monoisotopic (exact) mass is 223 g/mol. The van der Waals surface area contributed by atoms with Gasteiger partial charge in [-0.3, -0.25) is 0 Å². The van der Waals surface area contributed by atoms with Crippen molar-refractivity contribution in [2.45, 2.75) is 0 Å². The van der Waals surface area contributed by atoms with Crippen LogP contribution in [0.2, 0.25) is 0 Å². The van der Waals surface area contributed by atoms with Gasteiger partial charge in [0.2, 0.25) is 0 Å². The van der Waals surface area contributed by atoms with Gasteiger partial charge in [-0.25, -0.2) is 0 Å². The van der Waals surface area contributed by atoms with Crippen LogP contribution in [0.1, 0.15) is 0 Å². The molecule has 0 fully saturated rings. The van der Waals surface area contributed by atoms with Crippen LogP contribution >= 0.6 is 11.3 Å². The molecule has 0 saturated carbocycles. The van der Waals surface area contributed by atoms with Crippen LogP contribution in [0.5, 0.6) is 0 Å². The minimum atomic E-state index is 1.22. The average Bonchev–Trinajstić information content (AvgIpc) is 2.88. The van der Waals surface area contributed by atoms with E-state index in [-0.39, 0.29) is 0 Å². The molecular weight excluding hydrogens is 214 g/mol. The van der Waals surface area contributed by atoms with Crippen LogP contribution in [0.4, 0.5) is 0 Å². The lowest BCUT2D eigenvalue weighted by Crippen LogP contribution is -1.68. The van der Waals surface area contributed by atoms with Crippen LogP contribution in [0.15, 0.2) is 48.7 Å². The van der Waals surface area contributed by atoms with Crippen LogP contribution in [0, 0.1) is 0 Å². The van der Waals surface area contributed by atoms with Gasteiger partial charge in [0.15, 0.2) is 0 Å². The lowest BCUT2D eigenvalue weighted by molar-refractivity contribution is 1.48. The molecule has 0 bridgehead atoms. The van der Waals surface area contributed by atoms with Gasteiger partial charge >= 0.3 is 0 Å². The van der Waals surface area contributed by atoms with Crippen LogP contribution in [0.3, 0.4) is 0 Å². The molecule has 4 rings (SSSR count). The molecule has 2 heterocycles. The summed E-state index contributed by atoms with van der Waals surface area (Å²) in [6, 6.07) is 15.2. The third kappa shape index (κ3) is 0.996. The van der Waals surface area contributed by atoms with Gasteiger partial charge in [-0.2, -0.15) is 0 Å². The molecule has 0 radical (unpaired) electrons. The molecule has 76 valence electrons. The summed E-state index contributed by atoms with van der Waals surface area (Å²) in [5, 5.41) is 4.01. The standard InChI is InChI=1S/C14H9NS/c1-2-4-13-10(3-1)11-8-12-9(5-6-15-12)7-14(11)16-13/h1-8,15H. The predicted octanol–water partition coefficient (Wildman–Crippen LogP) is 4.54. The topological polar surface area (TPSA) is 15.8 Å². The van der Waals surface area contributed by atoms with Gasteiger partial charge in [0.25, 0.3) is 0 Å². The van der Waals surface area contributed by atoms with Gasteiger partial charge in [0.1, 0.15) is 0 Å². The second-order valence-corrected chi connectivity index (χ2v) is 5.10. The molecule has 1 nitrogen and oxygen atoms in total. The maximum atomic E-state index is 3.27. The second kappa shape index (κ2) is 2.86. The molecule has 0 aliphatic carbocycles. The molecule has 0 spiro atoms. The number of rotatable bonds is 0. The predicted molar refractivity (Wildman–Crippen MR) is 71.2 cm³/mol. The molecule has 0 amide bonds. The number of hydrogen-bond donors (Lipinski definition) is 1. The third-order valence-electron chi connectivity index (χ3n) is 3.05. The number of thiophene rings is 1. The Labute approximate surface area is 96.3 Å². The van der Waals surface area contributed by atoms with Gasteiger partial charge in [-0.15, -0.1) is 11.3 Å². The van der Waals surface area contributed by atoms with Crippen LogP contribution in [-0.4, -0.2) is 4.98 Å². The minimum absolute atomic E-state index is 1.22. The molecule has 0 aliphatic rings. The summed E-state index contributed by atoms with van der Waals surface area (Å²) in [7, 11) is 0. The van der Waals surface area contributed by atoms with E-state index >= 15 is 0 Å². The summed E-state index contributed by atoms with van der Waals surface area (Å²) < 4.78 is 2.73. The van der Waals surface area contributed by atoms with E-state index in [1.807, 2.05) is 17.5 Å². The molecule has 2 aromatic heterocycles. The molecule has 2 aromatic carbocycles. The Morgan fingerprint density at radius 1 is 0.875 bits per heavy atom. The normalized spacial score (nSPS) is 11.8. The molecule has 0 saturated heterocycles. The fraction of sp³-hybridized carbons (Fsp3) is 0. The van der Waals surface area contributed by atoms with Crippen molar-refractivity contribution < 1.29 is 0 Å². The first kappa shape index (κ1) is 8.36. The largest absolute Gasteiger partial charge is 0.361 e. The van der Waals surface area contributed by atoms with Crippen LogP contribution in [-0.2, 0) is 0 Å². The highest BCUT2D eigenvalue weighted by Crippen LogP contribution is 2.35. The summed E-state index contributed by atoms with van der Waals surface area (Å²) in [6.45, 7) is 0. The molecule has 0 unspecified atom stereocenters. The van der Waals surface area contributed by atoms with E-state index in [0.717, 1.165) is 0 Å². The number of benzene rings is 2. The smallest absolute Gasteiger partial charge is 0.0461 e. The Kier molecular flexibility index (Phi) is 1.50. The maximum absolute atomic E-state index is 3.27. The number of nitrogens with one attached hydrogen (secondary N) is 1. The lowest BCUT2D eigenvalue weighted by Gasteiger charge is -1.92. The van der Waals surface area contributed by atoms with Crippen molar-refractivity contribution in [1.29, 1.82) is 0 Å². The highest BCUT2D eigenvalue weighted by molar-refractivity contribution is 7.25. The average molecular weight is 223 g/mol. The fourth-order valence-electron chi connectivity index (χ4n) is 2.27. The molecule has 1 N–H and O–H groups in total. The first-order valence-corrected chi connectivity index (χ1v) is 6.12. The van der Waals surface area contributed by atoms with E-state index in [1.54, 1.807) is 0 Å². The van der Waals surface area contributed by atoms with Crippen molar-refractivity contribution in [2.75, 3.05) is 0 Å². The summed E-state index contributed by atoms with van der Waals surface area (Å²) in [5.41, 5.74) is 1.22. The van der Waals surface area contributed by atoms with Crippen LogP contribution in [0.25, 0.3) is 31.1 Å². The molecule has 2 heteroatoms. The zero-order chi connectivity index (χ0) is 10.5. The number of aromatic amines is 1. The zero-order valence-electron chi connectivity index (χ0n) is 8.53. The lowest BCUT2D eigenvalue weighted by atomic mass is 10.1. The maximum Gasteiger partial charge on any atom is 0.0461 e. The molecule has 0 aliphatic heterocycles. The fourth-order valence-corrected chi connectivity index (χ4v) is 3.41. The summed E-state index contributed by atoms with van der Waals surface area (Å²) in [4.78, 5) is 3.27. The molecule has 0 atom stereocenters. The van der Waals surface area contributed by atoms with Crippen molar-refractivity contribution >= 4 is 42.4 Å². The summed E-state index contributed by atoms with van der Waals surface area (Å²) >= 11 is 1.87. The van der Waals surface area contributed by atoms with Crippen molar-refractivity contribution in [3.05, 3.63) is 48.7 Å². The zero-order valence-corrected chi connectivity index (χ0v) is 9.34. The van der Waals surface area contributed by atoms with Crippen molar-refractivity contribution in [2.24, 2.45) is 0 Å². The van der Waals surface area contributed by atoms with Crippen molar-refractivity contribution in [3.8, 4) is 0 Å². The van der Waals surface area contributed by atoms with E-state index in [1.165, 1.54) is 31.1 Å². The Hall–Kier alpha value is -1.80. The molecular formula is C14H9NS. The number of hydrogen-bond acceptors (Lipinski definition) is 1. The van der Waals surface area contributed by atoms with Gasteiger partial charge in [0.05, 0.1) is 0 Å². The van der Waals surface area contributed by atoms with E-state index in [0.29, 0.717) is 0 Å². The first-order chi connectivity index (χ1) is 7.92. The first-order valence-electron chi connectivity index (χ1n) is 5.30. The second-order valence-electron chi connectivity index (χ2n) is 4.01. The number of aromatic nitrogens is 1. The molecule has 4 aromatic rings. The minimum Gasteiger partial charge on any atom is -0.361 e. The summed E-state index contributed by atoms with van der Waals surface area (Å²) in [5.74, 6) is 0. The van der Waals surface area contributed by atoms with E-state index in [4.69, 9.17) is 0 Å². The van der Waals surface area contributed by atoms with E-state index < -0.39 is 0 Å². The Morgan fingerprint density at radius 2 is 1.81 bits per heavy atom. The number of fused-ring (bicyclic) bond motifs is 4. The van der Waals surface area contributed by atoms with Gasteiger partial charge in [-0.05, 0) is 24.3 Å². The Morgan fingerprint density at radius 3 is 2.81 bits per heavy atom. The van der Waals surface area contributed by atoms with E-state index in [9.17, 15) is 0 Å². The Balaban J connectivity index is 2.32. The Bertz CT molecular complexity index is 807. The highest BCUT2D eigenvalue weighted by Gasteiger charge is 2.05. The molecule has 16 heavy (non-hydrogen) atoms. The van der Waals surface area contributed by atoms with E-state index in [2.05, 4.69) is 47.4 Å². The van der Waals surface area contributed by atoms with Gasteiger partial charge in [-0.1, -0.05) is 18.2 Å². The van der Waals surface area contributed by atoms with Crippen molar-refractivity contribution in [3.63, 3.8) is 0 Å². The van der Waals surface area contributed by atoms with Gasteiger partial charge < -0.3 is 4.98 Å². The quantitative estimate of drug-likeness (QED) is 0.450. The number of H-pyrrole nitrogens is 1.